The fourth-order valence-electron chi connectivity index (χ4n) is 2.05. The number of ether oxygens (including phenoxy) is 1. The standard InChI is InChI=1S/C11H14O2.C10H18O/c1-2-11(12)13-9-8-10-6-4-3-5-7-10;1-2-3-4-5-6-7-8-9-10-11/h3-7H,2,8-9H2,1H3;8-10H,2-7H2,1H3. The normalized spacial score (nSPS) is 10.1. The van der Waals surface area contributed by atoms with Crippen molar-refractivity contribution in [2.45, 2.75) is 65.2 Å². The van der Waals surface area contributed by atoms with Crippen molar-refractivity contribution >= 4 is 12.3 Å². The summed E-state index contributed by atoms with van der Waals surface area (Å²) in [4.78, 5) is 20.6. The molecule has 0 amide bonds. The van der Waals surface area contributed by atoms with Gasteiger partial charge in [0.05, 0.1) is 6.61 Å². The van der Waals surface area contributed by atoms with Crippen LogP contribution < -0.4 is 0 Å². The van der Waals surface area contributed by atoms with E-state index in [2.05, 4.69) is 6.92 Å². The zero-order valence-electron chi connectivity index (χ0n) is 15.2. The molecule has 0 radical (unpaired) electrons. The molecule has 0 saturated carbocycles. The lowest BCUT2D eigenvalue weighted by Gasteiger charge is -2.02. The van der Waals surface area contributed by atoms with E-state index in [1.807, 2.05) is 36.4 Å². The number of benzene rings is 1. The van der Waals surface area contributed by atoms with Crippen molar-refractivity contribution in [2.75, 3.05) is 6.61 Å². The SMILES string of the molecule is CCC(=O)OCCc1ccccc1.CCCCCCCC=CC=O. The van der Waals surface area contributed by atoms with Crippen molar-refractivity contribution in [3.05, 3.63) is 48.0 Å². The molecular formula is C21H32O3. The molecule has 0 fully saturated rings. The minimum atomic E-state index is -0.129. The van der Waals surface area contributed by atoms with Gasteiger partial charge in [-0.05, 0) is 24.5 Å². The molecule has 0 atom stereocenters. The molecule has 0 aliphatic rings. The number of esters is 1. The van der Waals surface area contributed by atoms with Gasteiger partial charge in [-0.15, -0.1) is 0 Å². The zero-order valence-corrected chi connectivity index (χ0v) is 15.2. The van der Waals surface area contributed by atoms with Gasteiger partial charge < -0.3 is 4.74 Å². The summed E-state index contributed by atoms with van der Waals surface area (Å²) in [5.74, 6) is -0.129. The number of unbranched alkanes of at least 4 members (excludes halogenated alkanes) is 5. The molecule has 0 spiro atoms. The van der Waals surface area contributed by atoms with Gasteiger partial charge in [0, 0.05) is 12.8 Å². The summed E-state index contributed by atoms with van der Waals surface area (Å²) < 4.78 is 4.96. The Morgan fingerprint density at radius 2 is 1.75 bits per heavy atom. The first kappa shape index (κ1) is 22.1. The first-order chi connectivity index (χ1) is 11.7. The van der Waals surface area contributed by atoms with E-state index in [1.54, 1.807) is 13.0 Å². The van der Waals surface area contributed by atoms with Crippen LogP contribution in [0.5, 0.6) is 0 Å². The average molecular weight is 332 g/mol. The van der Waals surface area contributed by atoms with Crippen LogP contribution in [-0.2, 0) is 20.7 Å². The fraction of sp³-hybridized carbons (Fsp3) is 0.524. The summed E-state index contributed by atoms with van der Waals surface area (Å²) in [5.41, 5.74) is 1.20. The molecule has 0 saturated heterocycles. The number of hydrogen-bond donors (Lipinski definition) is 0. The van der Waals surface area contributed by atoms with Crippen LogP contribution >= 0.6 is 0 Å². The number of hydrogen-bond acceptors (Lipinski definition) is 3. The first-order valence-electron chi connectivity index (χ1n) is 9.04. The third-order valence-corrected chi connectivity index (χ3v) is 3.47. The van der Waals surface area contributed by atoms with E-state index < -0.39 is 0 Å². The van der Waals surface area contributed by atoms with Gasteiger partial charge in [0.25, 0.3) is 0 Å². The summed E-state index contributed by atoms with van der Waals surface area (Å²) in [6.45, 7) is 4.49. The van der Waals surface area contributed by atoms with Crippen LogP contribution in [0.2, 0.25) is 0 Å². The van der Waals surface area contributed by atoms with Crippen LogP contribution in [0.3, 0.4) is 0 Å². The number of aldehydes is 1. The third-order valence-electron chi connectivity index (χ3n) is 3.47. The van der Waals surface area contributed by atoms with Crippen molar-refractivity contribution in [1.82, 2.24) is 0 Å². The van der Waals surface area contributed by atoms with Crippen molar-refractivity contribution in [1.29, 1.82) is 0 Å². The van der Waals surface area contributed by atoms with Crippen LogP contribution in [0, 0.1) is 0 Å². The third kappa shape index (κ3) is 15.0. The highest BCUT2D eigenvalue weighted by molar-refractivity contribution is 5.68. The quantitative estimate of drug-likeness (QED) is 0.239. The lowest BCUT2D eigenvalue weighted by molar-refractivity contribution is -0.143. The van der Waals surface area contributed by atoms with Crippen molar-refractivity contribution in [2.24, 2.45) is 0 Å². The van der Waals surface area contributed by atoms with E-state index in [0.29, 0.717) is 13.0 Å². The van der Waals surface area contributed by atoms with E-state index in [9.17, 15) is 9.59 Å². The molecule has 3 heteroatoms. The summed E-state index contributed by atoms with van der Waals surface area (Å²) in [5, 5.41) is 0. The fourth-order valence-corrected chi connectivity index (χ4v) is 2.05. The van der Waals surface area contributed by atoms with Crippen molar-refractivity contribution in [3.63, 3.8) is 0 Å². The second-order valence-electron chi connectivity index (χ2n) is 5.58. The van der Waals surface area contributed by atoms with Crippen LogP contribution in [-0.4, -0.2) is 18.9 Å². The molecule has 3 nitrogen and oxygen atoms in total. The van der Waals surface area contributed by atoms with Crippen molar-refractivity contribution < 1.29 is 14.3 Å². The zero-order chi connectivity index (χ0) is 17.9. The Kier molecular flexibility index (Phi) is 16.1. The Morgan fingerprint density at radius 1 is 1.04 bits per heavy atom. The number of allylic oxidation sites excluding steroid dienone is 2. The van der Waals surface area contributed by atoms with Crippen LogP contribution in [0.15, 0.2) is 42.5 Å². The topological polar surface area (TPSA) is 43.4 Å². The Hall–Kier alpha value is -1.90. The highest BCUT2D eigenvalue weighted by Gasteiger charge is 1.97. The second-order valence-corrected chi connectivity index (χ2v) is 5.58. The van der Waals surface area contributed by atoms with Gasteiger partial charge in [-0.3, -0.25) is 9.59 Å². The van der Waals surface area contributed by atoms with E-state index in [1.165, 1.54) is 37.7 Å². The molecule has 0 N–H and O–H groups in total. The maximum Gasteiger partial charge on any atom is 0.305 e. The van der Waals surface area contributed by atoms with Gasteiger partial charge in [-0.1, -0.05) is 75.9 Å². The monoisotopic (exact) mass is 332 g/mol. The van der Waals surface area contributed by atoms with E-state index in [-0.39, 0.29) is 5.97 Å². The molecule has 0 heterocycles. The van der Waals surface area contributed by atoms with Gasteiger partial charge in [-0.2, -0.15) is 0 Å². The lowest BCUT2D eigenvalue weighted by Crippen LogP contribution is -2.05. The van der Waals surface area contributed by atoms with Gasteiger partial charge in [-0.25, -0.2) is 0 Å². The summed E-state index contributed by atoms with van der Waals surface area (Å²) in [7, 11) is 0. The van der Waals surface area contributed by atoms with Gasteiger partial charge in [0.1, 0.15) is 6.29 Å². The largest absolute Gasteiger partial charge is 0.465 e. The van der Waals surface area contributed by atoms with Crippen molar-refractivity contribution in [3.8, 4) is 0 Å². The van der Waals surface area contributed by atoms with Crippen LogP contribution in [0.4, 0.5) is 0 Å². The first-order valence-corrected chi connectivity index (χ1v) is 9.04. The lowest BCUT2D eigenvalue weighted by atomic mass is 10.1. The number of carbonyl (C=O) groups excluding carboxylic acids is 2. The Labute approximate surface area is 147 Å². The maximum atomic E-state index is 10.8. The summed E-state index contributed by atoms with van der Waals surface area (Å²) in [6.07, 6.45) is 13.2. The number of carbonyl (C=O) groups is 2. The molecule has 134 valence electrons. The molecule has 1 aromatic carbocycles. The molecule has 1 aromatic rings. The van der Waals surface area contributed by atoms with Crippen LogP contribution in [0.1, 0.15) is 64.4 Å². The summed E-state index contributed by atoms with van der Waals surface area (Å²) >= 11 is 0. The second kappa shape index (κ2) is 17.5. The molecule has 1 rings (SSSR count). The Bertz CT molecular complexity index is 438. The molecule has 0 aliphatic heterocycles. The molecule has 24 heavy (non-hydrogen) atoms. The van der Waals surface area contributed by atoms with Crippen LogP contribution in [0.25, 0.3) is 0 Å². The van der Waals surface area contributed by atoms with E-state index in [0.717, 1.165) is 19.1 Å². The maximum absolute atomic E-state index is 10.8. The smallest absolute Gasteiger partial charge is 0.305 e. The molecule has 0 aromatic heterocycles. The predicted octanol–water partition coefficient (Wildman–Crippen LogP) is 5.28. The average Bonchev–Trinajstić information content (AvgIpc) is 2.62. The molecule has 0 unspecified atom stereocenters. The minimum Gasteiger partial charge on any atom is -0.465 e. The van der Waals surface area contributed by atoms with Gasteiger partial charge >= 0.3 is 5.97 Å². The molecule has 0 bridgehead atoms. The molecule has 0 aliphatic carbocycles. The molecular weight excluding hydrogens is 300 g/mol. The number of rotatable bonds is 11. The summed E-state index contributed by atoms with van der Waals surface area (Å²) in [6, 6.07) is 10.00. The Balaban J connectivity index is 0.000000449. The highest BCUT2D eigenvalue weighted by atomic mass is 16.5. The van der Waals surface area contributed by atoms with E-state index >= 15 is 0 Å². The highest BCUT2D eigenvalue weighted by Crippen LogP contribution is 2.04. The minimum absolute atomic E-state index is 0.129. The van der Waals surface area contributed by atoms with Gasteiger partial charge in [0.15, 0.2) is 0 Å². The van der Waals surface area contributed by atoms with Gasteiger partial charge in [0.2, 0.25) is 0 Å². The Morgan fingerprint density at radius 3 is 2.38 bits per heavy atom. The van der Waals surface area contributed by atoms with E-state index in [4.69, 9.17) is 4.74 Å². The predicted molar refractivity (Wildman–Crippen MR) is 100.0 cm³/mol.